The predicted molar refractivity (Wildman–Crippen MR) is 86.1 cm³/mol. The lowest BCUT2D eigenvalue weighted by atomic mass is 10.0. The summed E-state index contributed by atoms with van der Waals surface area (Å²) in [6, 6.07) is 2.06. The Morgan fingerprint density at radius 2 is 2.04 bits per heavy atom. The number of carbonyl (C=O) groups is 1. The number of nitrogens with zero attached hydrogens (tertiary/aromatic N) is 1. The summed E-state index contributed by atoms with van der Waals surface area (Å²) in [4.78, 5) is 29.8. The van der Waals surface area contributed by atoms with Crippen molar-refractivity contribution in [2.24, 2.45) is 0 Å². The molecular formula is C16H10F4N2O3S. The number of aryl methyl sites for hydroxylation is 1. The molecule has 0 unspecified atom stereocenters. The number of H-pyrrole nitrogens is 1. The third kappa shape index (κ3) is 3.19. The first-order chi connectivity index (χ1) is 12.1. The number of fused-ring (bicyclic) bond motifs is 1. The van der Waals surface area contributed by atoms with Gasteiger partial charge >= 0.3 is 12.1 Å². The largest absolute Gasteiger partial charge is 0.477 e. The van der Waals surface area contributed by atoms with Crippen LogP contribution in [0.5, 0.6) is 0 Å². The van der Waals surface area contributed by atoms with Crippen molar-refractivity contribution in [2.75, 3.05) is 0 Å². The summed E-state index contributed by atoms with van der Waals surface area (Å²) in [5.74, 6) is -2.19. The Morgan fingerprint density at radius 3 is 2.65 bits per heavy atom. The second-order valence-corrected chi connectivity index (χ2v) is 6.53. The minimum Gasteiger partial charge on any atom is -0.477 e. The number of halogens is 4. The molecule has 0 atom stereocenters. The highest BCUT2D eigenvalue weighted by molar-refractivity contribution is 7.20. The third-order valence-electron chi connectivity index (χ3n) is 3.77. The zero-order chi connectivity index (χ0) is 19.2. The Hall–Kier alpha value is -2.75. The SMILES string of the molecule is Cc1c(C(=O)O)sc2nc(Cc3cc(F)ccc3C(F)(F)F)[nH]c(=O)c12. The quantitative estimate of drug-likeness (QED) is 0.672. The third-order valence-corrected chi connectivity index (χ3v) is 4.95. The smallest absolute Gasteiger partial charge is 0.416 e. The molecule has 0 aliphatic heterocycles. The number of aromatic nitrogens is 2. The molecule has 10 heteroatoms. The molecular weight excluding hydrogens is 376 g/mol. The number of rotatable bonds is 3. The number of hydrogen-bond acceptors (Lipinski definition) is 4. The zero-order valence-corrected chi connectivity index (χ0v) is 13.9. The Bertz CT molecular complexity index is 1090. The van der Waals surface area contributed by atoms with Crippen LogP contribution in [0.1, 0.15) is 32.2 Å². The van der Waals surface area contributed by atoms with Gasteiger partial charge in [-0.2, -0.15) is 13.2 Å². The lowest BCUT2D eigenvalue weighted by Gasteiger charge is -2.12. The van der Waals surface area contributed by atoms with Crippen molar-refractivity contribution in [1.82, 2.24) is 9.97 Å². The van der Waals surface area contributed by atoms with Crippen molar-refractivity contribution in [3.63, 3.8) is 0 Å². The molecule has 0 radical (unpaired) electrons. The zero-order valence-electron chi connectivity index (χ0n) is 13.1. The maximum Gasteiger partial charge on any atom is 0.416 e. The molecule has 0 spiro atoms. The summed E-state index contributed by atoms with van der Waals surface area (Å²) in [5.41, 5.74) is -1.84. The highest BCUT2D eigenvalue weighted by atomic mass is 32.1. The topological polar surface area (TPSA) is 83.0 Å². The molecule has 2 N–H and O–H groups in total. The molecule has 0 aliphatic rings. The van der Waals surface area contributed by atoms with E-state index in [1.54, 1.807) is 0 Å². The standard InChI is InChI=1S/C16H10F4N2O3S/c1-6-11-13(23)21-10(22-14(11)26-12(6)15(24)25)5-7-4-8(17)2-3-9(7)16(18,19)20/h2-4H,5H2,1H3,(H,24,25)(H,21,22,23). The molecule has 2 heterocycles. The van der Waals surface area contributed by atoms with Crippen molar-refractivity contribution in [3.8, 4) is 0 Å². The Balaban J connectivity index is 2.13. The summed E-state index contributed by atoms with van der Waals surface area (Å²) in [5, 5.41) is 9.20. The number of alkyl halides is 3. The van der Waals surface area contributed by atoms with Gasteiger partial charge in [-0.1, -0.05) is 0 Å². The summed E-state index contributed by atoms with van der Waals surface area (Å²) >= 11 is 0.757. The Kier molecular flexibility index (Phi) is 4.31. The fraction of sp³-hybridized carbons (Fsp3) is 0.188. The maximum absolute atomic E-state index is 13.4. The number of thiophene rings is 1. The average Bonchev–Trinajstić information content (AvgIpc) is 2.83. The van der Waals surface area contributed by atoms with Gasteiger partial charge in [-0.15, -0.1) is 11.3 Å². The van der Waals surface area contributed by atoms with Gasteiger partial charge in [0.2, 0.25) is 0 Å². The van der Waals surface area contributed by atoms with E-state index in [0.29, 0.717) is 12.1 Å². The van der Waals surface area contributed by atoms with Gasteiger partial charge < -0.3 is 10.1 Å². The van der Waals surface area contributed by atoms with Crippen LogP contribution < -0.4 is 5.56 Å². The molecule has 0 bridgehead atoms. The van der Waals surface area contributed by atoms with Crippen LogP contribution in [0.3, 0.4) is 0 Å². The monoisotopic (exact) mass is 386 g/mol. The second kappa shape index (κ2) is 6.20. The summed E-state index contributed by atoms with van der Waals surface area (Å²) in [7, 11) is 0. The first-order valence-corrected chi connectivity index (χ1v) is 8.00. The summed E-state index contributed by atoms with van der Waals surface area (Å²) < 4.78 is 52.6. The van der Waals surface area contributed by atoms with Crippen LogP contribution in [0.2, 0.25) is 0 Å². The lowest BCUT2D eigenvalue weighted by Crippen LogP contribution is -2.15. The van der Waals surface area contributed by atoms with Crippen LogP contribution in [0, 0.1) is 12.7 Å². The van der Waals surface area contributed by atoms with E-state index in [2.05, 4.69) is 9.97 Å². The summed E-state index contributed by atoms with van der Waals surface area (Å²) in [6.07, 6.45) is -5.15. The van der Waals surface area contributed by atoms with Crippen molar-refractivity contribution < 1.29 is 27.5 Å². The lowest BCUT2D eigenvalue weighted by molar-refractivity contribution is -0.138. The van der Waals surface area contributed by atoms with Crippen LogP contribution in [0.15, 0.2) is 23.0 Å². The summed E-state index contributed by atoms with van der Waals surface area (Å²) in [6.45, 7) is 1.45. The minimum absolute atomic E-state index is 0.0723. The van der Waals surface area contributed by atoms with Crippen LogP contribution in [-0.2, 0) is 12.6 Å². The highest BCUT2D eigenvalue weighted by Gasteiger charge is 2.33. The van der Waals surface area contributed by atoms with E-state index in [9.17, 15) is 27.2 Å². The van der Waals surface area contributed by atoms with Crippen LogP contribution in [-0.4, -0.2) is 21.0 Å². The van der Waals surface area contributed by atoms with Gasteiger partial charge in [-0.3, -0.25) is 4.79 Å². The van der Waals surface area contributed by atoms with Crippen LogP contribution in [0.4, 0.5) is 17.6 Å². The first-order valence-electron chi connectivity index (χ1n) is 7.19. The van der Waals surface area contributed by atoms with Crippen molar-refractivity contribution >= 4 is 27.5 Å². The number of aromatic amines is 1. The molecule has 136 valence electrons. The number of aromatic carboxylic acids is 1. The molecule has 0 saturated carbocycles. The highest BCUT2D eigenvalue weighted by Crippen LogP contribution is 2.33. The van der Waals surface area contributed by atoms with Crippen LogP contribution >= 0.6 is 11.3 Å². The van der Waals surface area contributed by atoms with Gasteiger partial charge in [0.1, 0.15) is 21.3 Å². The number of carboxylic acid groups (broad SMARTS) is 1. The van der Waals surface area contributed by atoms with E-state index in [-0.39, 0.29) is 32.0 Å². The van der Waals surface area contributed by atoms with E-state index >= 15 is 0 Å². The van der Waals surface area contributed by atoms with Crippen molar-refractivity contribution in [3.05, 3.63) is 61.8 Å². The van der Waals surface area contributed by atoms with Gasteiger partial charge in [-0.05, 0) is 36.2 Å². The van der Waals surface area contributed by atoms with Crippen molar-refractivity contribution in [2.45, 2.75) is 19.5 Å². The van der Waals surface area contributed by atoms with Gasteiger partial charge in [0.05, 0.1) is 10.9 Å². The number of nitrogens with one attached hydrogen (secondary N) is 1. The van der Waals surface area contributed by atoms with Gasteiger partial charge in [0.25, 0.3) is 5.56 Å². The molecule has 2 aromatic heterocycles. The Labute approximate surface area is 146 Å². The molecule has 26 heavy (non-hydrogen) atoms. The first kappa shape index (κ1) is 18.1. The van der Waals surface area contributed by atoms with Gasteiger partial charge in [0, 0.05) is 6.42 Å². The normalized spacial score (nSPS) is 11.9. The average molecular weight is 386 g/mol. The molecule has 5 nitrogen and oxygen atoms in total. The molecule has 3 rings (SSSR count). The van der Waals surface area contributed by atoms with E-state index in [0.717, 1.165) is 17.4 Å². The van der Waals surface area contributed by atoms with Crippen molar-refractivity contribution in [1.29, 1.82) is 0 Å². The second-order valence-electron chi connectivity index (χ2n) is 5.53. The molecule has 0 amide bonds. The van der Waals surface area contributed by atoms with Gasteiger partial charge in [0.15, 0.2) is 0 Å². The number of benzene rings is 1. The molecule has 0 fully saturated rings. The molecule has 1 aromatic carbocycles. The Morgan fingerprint density at radius 1 is 1.35 bits per heavy atom. The molecule has 0 saturated heterocycles. The predicted octanol–water partition coefficient (Wildman–Crippen LogP) is 3.74. The van der Waals surface area contributed by atoms with E-state index in [4.69, 9.17) is 5.11 Å². The maximum atomic E-state index is 13.4. The minimum atomic E-state index is -4.69. The number of carboxylic acids is 1. The number of hydrogen-bond donors (Lipinski definition) is 2. The molecule has 0 aliphatic carbocycles. The molecule has 3 aromatic rings. The van der Waals surface area contributed by atoms with E-state index in [1.165, 1.54) is 6.92 Å². The van der Waals surface area contributed by atoms with E-state index < -0.39 is 35.5 Å². The van der Waals surface area contributed by atoms with E-state index in [1.807, 2.05) is 0 Å². The fourth-order valence-electron chi connectivity index (χ4n) is 2.64. The van der Waals surface area contributed by atoms with Crippen LogP contribution in [0.25, 0.3) is 10.2 Å². The van der Waals surface area contributed by atoms with Gasteiger partial charge in [-0.25, -0.2) is 14.2 Å². The fourth-order valence-corrected chi connectivity index (χ4v) is 3.68.